The average molecular weight is 287 g/mol. The zero-order valence-electron chi connectivity index (χ0n) is 11.9. The molecule has 2 N–H and O–H groups in total. The molecule has 0 amide bonds. The van der Waals surface area contributed by atoms with E-state index in [-0.39, 0.29) is 6.04 Å². The highest BCUT2D eigenvalue weighted by Crippen LogP contribution is 2.44. The Morgan fingerprint density at radius 2 is 1.40 bits per heavy atom. The van der Waals surface area contributed by atoms with Crippen molar-refractivity contribution in [2.45, 2.75) is 25.8 Å². The Labute approximate surface area is 121 Å². The second-order valence-electron chi connectivity index (χ2n) is 5.09. The Hall–Kier alpha value is -1.37. The molecule has 0 aliphatic carbocycles. The summed E-state index contributed by atoms with van der Waals surface area (Å²) in [6.45, 7) is 2.07. The summed E-state index contributed by atoms with van der Waals surface area (Å²) in [6.07, 6.45) is 2.34. The molecule has 0 bridgehead atoms. The van der Waals surface area contributed by atoms with E-state index in [0.717, 1.165) is 23.5 Å². The van der Waals surface area contributed by atoms with Crippen molar-refractivity contribution in [3.05, 3.63) is 60.7 Å². The summed E-state index contributed by atoms with van der Waals surface area (Å²) < 4.78 is 13.6. The van der Waals surface area contributed by atoms with E-state index in [9.17, 15) is 4.57 Å². The maximum atomic E-state index is 13.6. The highest BCUT2D eigenvalue weighted by atomic mass is 31.2. The molecule has 1 unspecified atom stereocenters. The maximum absolute atomic E-state index is 13.6. The van der Waals surface area contributed by atoms with Gasteiger partial charge in [-0.25, -0.2) is 0 Å². The zero-order valence-corrected chi connectivity index (χ0v) is 12.8. The van der Waals surface area contributed by atoms with Gasteiger partial charge in [0.2, 0.25) is 0 Å². The molecule has 0 fully saturated rings. The summed E-state index contributed by atoms with van der Waals surface area (Å²) in [7, 11) is -2.57. The van der Waals surface area contributed by atoms with Crippen LogP contribution in [-0.2, 0) is 4.57 Å². The molecule has 2 nitrogen and oxygen atoms in total. The van der Waals surface area contributed by atoms with Crippen LogP contribution in [0.4, 0.5) is 0 Å². The van der Waals surface area contributed by atoms with Gasteiger partial charge in [0.25, 0.3) is 0 Å². The Morgan fingerprint density at radius 1 is 0.950 bits per heavy atom. The van der Waals surface area contributed by atoms with Crippen molar-refractivity contribution in [3.63, 3.8) is 0 Å². The van der Waals surface area contributed by atoms with Crippen molar-refractivity contribution in [3.8, 4) is 0 Å². The van der Waals surface area contributed by atoms with Gasteiger partial charge in [0.05, 0.1) is 0 Å². The molecule has 0 saturated carbocycles. The minimum absolute atomic E-state index is 0.121. The average Bonchev–Trinajstić information content (AvgIpc) is 2.54. The van der Waals surface area contributed by atoms with E-state index in [1.807, 2.05) is 60.7 Å². The SMILES string of the molecule is CCC(N)CCP(=O)(c1ccccc1)c1ccccc1. The lowest BCUT2D eigenvalue weighted by atomic mass is 10.2. The van der Waals surface area contributed by atoms with Crippen LogP contribution in [0.1, 0.15) is 19.8 Å². The smallest absolute Gasteiger partial charge is 0.143 e. The fourth-order valence-corrected chi connectivity index (χ4v) is 5.11. The van der Waals surface area contributed by atoms with Gasteiger partial charge in [0.1, 0.15) is 7.14 Å². The Balaban J connectivity index is 2.37. The van der Waals surface area contributed by atoms with E-state index < -0.39 is 7.14 Å². The predicted octanol–water partition coefficient (Wildman–Crippen LogP) is 3.13. The fourth-order valence-electron chi connectivity index (χ4n) is 2.30. The number of hydrogen-bond acceptors (Lipinski definition) is 2. The molecule has 2 aromatic rings. The van der Waals surface area contributed by atoms with Crippen LogP contribution in [0.15, 0.2) is 60.7 Å². The molecule has 0 aliphatic rings. The van der Waals surface area contributed by atoms with Crippen molar-refractivity contribution in [2.75, 3.05) is 6.16 Å². The minimum atomic E-state index is -2.57. The molecule has 0 aromatic heterocycles. The second kappa shape index (κ2) is 6.88. The first-order valence-electron chi connectivity index (χ1n) is 7.12. The number of hydrogen-bond donors (Lipinski definition) is 1. The van der Waals surface area contributed by atoms with Crippen molar-refractivity contribution in [2.24, 2.45) is 5.73 Å². The van der Waals surface area contributed by atoms with Crippen LogP contribution in [0.5, 0.6) is 0 Å². The van der Waals surface area contributed by atoms with E-state index in [2.05, 4.69) is 6.92 Å². The molecule has 2 aromatic carbocycles. The van der Waals surface area contributed by atoms with Crippen LogP contribution in [-0.4, -0.2) is 12.2 Å². The molecule has 0 heterocycles. The van der Waals surface area contributed by atoms with E-state index in [1.54, 1.807) is 0 Å². The molecule has 106 valence electrons. The van der Waals surface area contributed by atoms with E-state index in [0.29, 0.717) is 6.16 Å². The van der Waals surface area contributed by atoms with Gasteiger partial charge in [0.15, 0.2) is 0 Å². The van der Waals surface area contributed by atoms with Gasteiger partial charge in [-0.2, -0.15) is 0 Å². The second-order valence-corrected chi connectivity index (χ2v) is 8.05. The molecule has 1 atom stereocenters. The molecular formula is C17H22NOP. The van der Waals surface area contributed by atoms with Gasteiger partial charge in [-0.1, -0.05) is 67.6 Å². The molecule has 2 rings (SSSR count). The van der Waals surface area contributed by atoms with Gasteiger partial charge in [-0.15, -0.1) is 0 Å². The molecule has 3 heteroatoms. The number of nitrogens with two attached hydrogens (primary N) is 1. The lowest BCUT2D eigenvalue weighted by Gasteiger charge is -2.21. The summed E-state index contributed by atoms with van der Waals surface area (Å²) in [5.74, 6) is 0. The van der Waals surface area contributed by atoms with E-state index in [4.69, 9.17) is 5.73 Å². The van der Waals surface area contributed by atoms with Crippen LogP contribution in [0.25, 0.3) is 0 Å². The van der Waals surface area contributed by atoms with Gasteiger partial charge in [-0.3, -0.25) is 0 Å². The minimum Gasteiger partial charge on any atom is -0.328 e. The van der Waals surface area contributed by atoms with Crippen molar-refractivity contribution >= 4 is 17.8 Å². The third-order valence-electron chi connectivity index (χ3n) is 3.69. The van der Waals surface area contributed by atoms with Crippen LogP contribution in [0.2, 0.25) is 0 Å². The third-order valence-corrected chi connectivity index (χ3v) is 6.84. The van der Waals surface area contributed by atoms with Gasteiger partial charge in [-0.05, 0) is 12.8 Å². The maximum Gasteiger partial charge on any atom is 0.143 e. The standard InChI is InChI=1S/C17H22NOP/c1-2-15(18)13-14-20(19,16-9-5-3-6-10-16)17-11-7-4-8-12-17/h3-12,15H,2,13-14,18H2,1H3. The topological polar surface area (TPSA) is 43.1 Å². The monoisotopic (exact) mass is 287 g/mol. The summed E-state index contributed by atoms with van der Waals surface area (Å²) in [4.78, 5) is 0. The molecule has 0 radical (unpaired) electrons. The normalized spacial score (nSPS) is 13.1. The zero-order chi connectivity index (χ0) is 14.4. The third kappa shape index (κ3) is 3.39. The Kier molecular flexibility index (Phi) is 5.17. The highest BCUT2D eigenvalue weighted by molar-refractivity contribution is 7.78. The van der Waals surface area contributed by atoms with Crippen molar-refractivity contribution < 1.29 is 4.57 Å². The van der Waals surface area contributed by atoms with Crippen molar-refractivity contribution in [1.82, 2.24) is 0 Å². The molecule has 0 spiro atoms. The summed E-state index contributed by atoms with van der Waals surface area (Å²) in [5, 5.41) is 1.85. The lowest BCUT2D eigenvalue weighted by molar-refractivity contribution is 0.575. The fraction of sp³-hybridized carbons (Fsp3) is 0.294. The van der Waals surface area contributed by atoms with Crippen LogP contribution < -0.4 is 16.3 Å². The first kappa shape index (κ1) is 15.0. The number of rotatable bonds is 6. The summed E-state index contributed by atoms with van der Waals surface area (Å²) in [6, 6.07) is 19.7. The van der Waals surface area contributed by atoms with Crippen LogP contribution in [0.3, 0.4) is 0 Å². The van der Waals surface area contributed by atoms with Crippen molar-refractivity contribution in [1.29, 1.82) is 0 Å². The summed E-state index contributed by atoms with van der Waals surface area (Å²) in [5.41, 5.74) is 6.02. The molecule has 20 heavy (non-hydrogen) atoms. The van der Waals surface area contributed by atoms with Crippen LogP contribution >= 0.6 is 7.14 Å². The van der Waals surface area contributed by atoms with E-state index in [1.165, 1.54) is 0 Å². The largest absolute Gasteiger partial charge is 0.328 e. The molecule has 0 aliphatic heterocycles. The molecular weight excluding hydrogens is 265 g/mol. The van der Waals surface area contributed by atoms with Gasteiger partial charge >= 0.3 is 0 Å². The first-order chi connectivity index (χ1) is 9.66. The predicted molar refractivity (Wildman–Crippen MR) is 87.5 cm³/mol. The highest BCUT2D eigenvalue weighted by Gasteiger charge is 2.27. The first-order valence-corrected chi connectivity index (χ1v) is 9.02. The quantitative estimate of drug-likeness (QED) is 0.829. The van der Waals surface area contributed by atoms with E-state index >= 15 is 0 Å². The Bertz CT molecular complexity index is 525. The number of benzene rings is 2. The Morgan fingerprint density at radius 3 is 1.80 bits per heavy atom. The summed E-state index contributed by atoms with van der Waals surface area (Å²) >= 11 is 0. The lowest BCUT2D eigenvalue weighted by Crippen LogP contribution is -2.24. The molecule has 0 saturated heterocycles. The van der Waals surface area contributed by atoms with Crippen LogP contribution in [0, 0.1) is 0 Å². The van der Waals surface area contributed by atoms with Gasteiger partial charge < -0.3 is 10.3 Å². The van der Waals surface area contributed by atoms with Gasteiger partial charge in [0, 0.05) is 22.8 Å².